The van der Waals surface area contributed by atoms with Gasteiger partial charge in [0.25, 0.3) is 0 Å². The van der Waals surface area contributed by atoms with Crippen LogP contribution in [0, 0.1) is 6.92 Å². The topological polar surface area (TPSA) is 62.3 Å². The maximum Gasteiger partial charge on any atom is 0.242 e. The molecule has 0 spiro atoms. The van der Waals surface area contributed by atoms with E-state index in [0.717, 1.165) is 35.8 Å². The summed E-state index contributed by atoms with van der Waals surface area (Å²) in [7, 11) is 0. The lowest BCUT2D eigenvalue weighted by Crippen LogP contribution is -2.45. The second-order valence-corrected chi connectivity index (χ2v) is 9.68. The van der Waals surface area contributed by atoms with Gasteiger partial charge >= 0.3 is 0 Å². The van der Waals surface area contributed by atoms with Gasteiger partial charge in [-0.3, -0.25) is 9.59 Å². The fraction of sp³-hybridized carbons (Fsp3) is 0.520. The summed E-state index contributed by atoms with van der Waals surface area (Å²) < 4.78 is 10.9. The van der Waals surface area contributed by atoms with Crippen molar-refractivity contribution in [1.82, 2.24) is 14.7 Å². The van der Waals surface area contributed by atoms with E-state index in [1.807, 2.05) is 30.0 Å². The molecular formula is C25H33N3O4S. The van der Waals surface area contributed by atoms with E-state index in [9.17, 15) is 9.59 Å². The molecule has 0 N–H and O–H groups in total. The third-order valence-corrected chi connectivity index (χ3v) is 7.34. The van der Waals surface area contributed by atoms with Gasteiger partial charge in [-0.05, 0) is 67.6 Å². The molecule has 4 rings (SSSR count). The Labute approximate surface area is 199 Å². The lowest BCUT2D eigenvalue weighted by atomic mass is 10.1. The predicted molar refractivity (Wildman–Crippen MR) is 128 cm³/mol. The number of rotatable bonds is 10. The Bertz CT molecular complexity index is 970. The number of likely N-dealkylation sites (tertiary alicyclic amines) is 1. The van der Waals surface area contributed by atoms with E-state index in [1.165, 1.54) is 18.4 Å². The first-order valence-electron chi connectivity index (χ1n) is 11.7. The van der Waals surface area contributed by atoms with Crippen LogP contribution >= 0.6 is 11.3 Å². The number of ether oxygens (including phenoxy) is 2. The van der Waals surface area contributed by atoms with Crippen molar-refractivity contribution in [3.05, 3.63) is 45.6 Å². The molecule has 2 aliphatic rings. The zero-order chi connectivity index (χ0) is 23.2. The number of aryl methyl sites for hydroxylation is 1. The third-order valence-electron chi connectivity index (χ3n) is 6.33. The number of hydrogen-bond donors (Lipinski definition) is 0. The minimum atomic E-state index is -0.0383. The molecule has 2 aromatic rings. The van der Waals surface area contributed by atoms with Crippen molar-refractivity contribution in [3.63, 3.8) is 0 Å². The zero-order valence-electron chi connectivity index (χ0n) is 19.5. The molecule has 0 bridgehead atoms. The molecule has 0 atom stereocenters. The number of carbonyl (C=O) groups is 2. The molecule has 1 fully saturated rings. The van der Waals surface area contributed by atoms with E-state index in [4.69, 9.17) is 9.47 Å². The maximum absolute atomic E-state index is 13.5. The standard InChI is InChI=1S/C25H33N3O4S/c1-3-24(29)27(12-11-26-9-4-5-10-26)17-25(30)28(16-23-19(2)8-13-33-23)15-20-6-7-21-22(14-20)32-18-31-21/h6-8,13-14H,3-5,9-12,15-18H2,1-2H3. The van der Waals surface area contributed by atoms with Gasteiger partial charge in [0.05, 0.1) is 13.1 Å². The minimum Gasteiger partial charge on any atom is -0.454 e. The molecule has 1 saturated heterocycles. The summed E-state index contributed by atoms with van der Waals surface area (Å²) in [6, 6.07) is 7.87. The molecule has 2 amide bonds. The van der Waals surface area contributed by atoms with Crippen molar-refractivity contribution in [2.24, 2.45) is 0 Å². The fourth-order valence-electron chi connectivity index (χ4n) is 4.28. The molecule has 1 aromatic carbocycles. The van der Waals surface area contributed by atoms with Crippen LogP contribution in [0.1, 0.15) is 42.2 Å². The van der Waals surface area contributed by atoms with Gasteiger partial charge in [-0.15, -0.1) is 11.3 Å². The van der Waals surface area contributed by atoms with E-state index in [1.54, 1.807) is 16.2 Å². The Balaban J connectivity index is 1.48. The highest BCUT2D eigenvalue weighted by atomic mass is 32.1. The van der Waals surface area contributed by atoms with Crippen molar-refractivity contribution >= 4 is 23.2 Å². The Morgan fingerprint density at radius 3 is 2.55 bits per heavy atom. The van der Waals surface area contributed by atoms with E-state index in [0.29, 0.717) is 31.8 Å². The summed E-state index contributed by atoms with van der Waals surface area (Å²) in [5.41, 5.74) is 2.16. The minimum absolute atomic E-state index is 0.0258. The summed E-state index contributed by atoms with van der Waals surface area (Å²) in [6.45, 7) is 8.80. The number of fused-ring (bicyclic) bond motifs is 1. The molecule has 1 aromatic heterocycles. The second kappa shape index (κ2) is 11.0. The van der Waals surface area contributed by atoms with Crippen LogP contribution in [-0.4, -0.2) is 66.0 Å². The van der Waals surface area contributed by atoms with Crippen molar-refractivity contribution in [2.45, 2.75) is 46.2 Å². The highest BCUT2D eigenvalue weighted by molar-refractivity contribution is 7.10. The summed E-state index contributed by atoms with van der Waals surface area (Å²) >= 11 is 1.66. The average molecular weight is 472 g/mol. The quantitative estimate of drug-likeness (QED) is 0.529. The second-order valence-electron chi connectivity index (χ2n) is 8.68. The van der Waals surface area contributed by atoms with E-state index < -0.39 is 0 Å². The highest BCUT2D eigenvalue weighted by Gasteiger charge is 2.24. The Morgan fingerprint density at radius 1 is 1.03 bits per heavy atom. The van der Waals surface area contributed by atoms with Crippen molar-refractivity contribution in [3.8, 4) is 11.5 Å². The first-order valence-corrected chi connectivity index (χ1v) is 12.6. The molecule has 0 aliphatic carbocycles. The van der Waals surface area contributed by atoms with E-state index in [2.05, 4.69) is 23.3 Å². The van der Waals surface area contributed by atoms with Gasteiger partial charge in [-0.25, -0.2) is 0 Å². The Hall–Kier alpha value is -2.58. The van der Waals surface area contributed by atoms with Gasteiger partial charge in [0.2, 0.25) is 18.6 Å². The van der Waals surface area contributed by atoms with Crippen LogP contribution in [0.5, 0.6) is 11.5 Å². The first kappa shape index (κ1) is 23.6. The summed E-state index contributed by atoms with van der Waals surface area (Å²) in [4.78, 5) is 33.3. The molecule has 7 nitrogen and oxygen atoms in total. The van der Waals surface area contributed by atoms with Gasteiger partial charge in [0.1, 0.15) is 0 Å². The predicted octanol–water partition coefficient (Wildman–Crippen LogP) is 3.65. The van der Waals surface area contributed by atoms with Gasteiger partial charge < -0.3 is 24.2 Å². The first-order chi connectivity index (χ1) is 16.0. The number of carbonyl (C=O) groups excluding carboxylic acids is 2. The van der Waals surface area contributed by atoms with Crippen molar-refractivity contribution < 1.29 is 19.1 Å². The molecule has 8 heteroatoms. The SMILES string of the molecule is CCC(=O)N(CCN1CCCC1)CC(=O)N(Cc1ccc2c(c1)OCO2)Cc1sccc1C. The molecule has 3 heterocycles. The smallest absolute Gasteiger partial charge is 0.242 e. The number of amides is 2. The molecule has 0 radical (unpaired) electrons. The molecule has 0 saturated carbocycles. The highest BCUT2D eigenvalue weighted by Crippen LogP contribution is 2.33. The molecule has 33 heavy (non-hydrogen) atoms. The normalized spacial score (nSPS) is 15.1. The van der Waals surface area contributed by atoms with Crippen LogP contribution < -0.4 is 9.47 Å². The van der Waals surface area contributed by atoms with Crippen LogP contribution in [0.4, 0.5) is 0 Å². The Kier molecular flexibility index (Phi) is 7.88. The Morgan fingerprint density at radius 2 is 1.82 bits per heavy atom. The van der Waals surface area contributed by atoms with Gasteiger partial charge in [-0.1, -0.05) is 13.0 Å². The third kappa shape index (κ3) is 6.06. The van der Waals surface area contributed by atoms with Crippen LogP contribution in [0.3, 0.4) is 0 Å². The lowest BCUT2D eigenvalue weighted by Gasteiger charge is -2.29. The number of benzene rings is 1. The van der Waals surface area contributed by atoms with Crippen LogP contribution in [-0.2, 0) is 22.7 Å². The molecule has 178 valence electrons. The maximum atomic E-state index is 13.5. The van der Waals surface area contributed by atoms with Crippen LogP contribution in [0.15, 0.2) is 29.6 Å². The fourth-order valence-corrected chi connectivity index (χ4v) is 5.20. The number of hydrogen-bond acceptors (Lipinski definition) is 6. The zero-order valence-corrected chi connectivity index (χ0v) is 20.4. The molecule has 2 aliphatic heterocycles. The number of nitrogens with zero attached hydrogens (tertiary/aromatic N) is 3. The molecular weight excluding hydrogens is 438 g/mol. The number of thiophene rings is 1. The van der Waals surface area contributed by atoms with Gasteiger partial charge in [0, 0.05) is 30.9 Å². The summed E-state index contributed by atoms with van der Waals surface area (Å²) in [6.07, 6.45) is 2.83. The largest absolute Gasteiger partial charge is 0.454 e. The van der Waals surface area contributed by atoms with Crippen LogP contribution in [0.25, 0.3) is 0 Å². The summed E-state index contributed by atoms with van der Waals surface area (Å²) in [5, 5.41) is 2.05. The summed E-state index contributed by atoms with van der Waals surface area (Å²) in [5.74, 6) is 1.43. The van der Waals surface area contributed by atoms with E-state index in [-0.39, 0.29) is 25.2 Å². The van der Waals surface area contributed by atoms with Crippen molar-refractivity contribution in [2.75, 3.05) is 39.5 Å². The lowest BCUT2D eigenvalue weighted by molar-refractivity contribution is -0.141. The van der Waals surface area contributed by atoms with Crippen LogP contribution in [0.2, 0.25) is 0 Å². The monoisotopic (exact) mass is 471 g/mol. The van der Waals surface area contributed by atoms with Gasteiger partial charge in [0.15, 0.2) is 11.5 Å². The van der Waals surface area contributed by atoms with E-state index >= 15 is 0 Å². The van der Waals surface area contributed by atoms with Crippen molar-refractivity contribution in [1.29, 1.82) is 0 Å². The van der Waals surface area contributed by atoms with Gasteiger partial charge in [-0.2, -0.15) is 0 Å². The average Bonchev–Trinajstić information content (AvgIpc) is 3.58. The molecule has 0 unspecified atom stereocenters.